The number of aromatic nitrogens is 2. The third kappa shape index (κ3) is 3.77. The van der Waals surface area contributed by atoms with Crippen molar-refractivity contribution in [1.29, 1.82) is 0 Å². The smallest absolute Gasteiger partial charge is 0.267 e. The minimum atomic E-state index is -0.174. The molecule has 158 valence electrons. The lowest BCUT2D eigenvalue weighted by Crippen LogP contribution is -2.45. The van der Waals surface area contributed by atoms with Gasteiger partial charge in [-0.25, -0.2) is 4.98 Å². The molecule has 2 aromatic rings. The second kappa shape index (κ2) is 8.13. The average molecular weight is 444 g/mol. The van der Waals surface area contributed by atoms with E-state index < -0.39 is 0 Å². The van der Waals surface area contributed by atoms with Crippen LogP contribution in [0, 0.1) is 6.92 Å². The Labute approximate surface area is 185 Å². The van der Waals surface area contributed by atoms with Crippen molar-refractivity contribution in [3.05, 3.63) is 44.7 Å². The Balaban J connectivity index is 1.88. The average Bonchev–Trinajstić information content (AvgIpc) is 2.98. The fourth-order valence-corrected chi connectivity index (χ4v) is 5.19. The van der Waals surface area contributed by atoms with Gasteiger partial charge in [0.25, 0.3) is 11.5 Å². The Morgan fingerprint density at radius 3 is 2.50 bits per heavy atom. The summed E-state index contributed by atoms with van der Waals surface area (Å²) in [7, 11) is 2.08. The number of rotatable bonds is 3. The molecular weight excluding hydrogens is 418 g/mol. The SMILES string of the molecule is Cc1ccc2nc(N3CCN(C)CC3)c(/C=C3\SC(=S)N(C(C)C)C3=O)c(=O)n2c1. The number of carbonyl (C=O) groups is 1. The van der Waals surface area contributed by atoms with Crippen molar-refractivity contribution in [2.45, 2.75) is 26.8 Å². The van der Waals surface area contributed by atoms with Crippen LogP contribution in [-0.2, 0) is 4.79 Å². The first-order valence-corrected chi connectivity index (χ1v) is 11.2. The Bertz CT molecular complexity index is 1120. The molecule has 2 aliphatic rings. The van der Waals surface area contributed by atoms with Crippen LogP contribution < -0.4 is 10.5 Å². The summed E-state index contributed by atoms with van der Waals surface area (Å²) in [6.07, 6.45) is 3.47. The third-order valence-electron chi connectivity index (χ3n) is 5.40. The molecule has 0 unspecified atom stereocenters. The third-order valence-corrected chi connectivity index (χ3v) is 6.73. The van der Waals surface area contributed by atoms with Crippen LogP contribution in [0.5, 0.6) is 0 Å². The van der Waals surface area contributed by atoms with Gasteiger partial charge in [0.2, 0.25) is 0 Å². The molecule has 4 rings (SSSR count). The van der Waals surface area contributed by atoms with Crippen LogP contribution in [0.4, 0.5) is 5.82 Å². The molecule has 0 atom stereocenters. The van der Waals surface area contributed by atoms with Crippen LogP contribution in [0.25, 0.3) is 11.7 Å². The largest absolute Gasteiger partial charge is 0.353 e. The van der Waals surface area contributed by atoms with Gasteiger partial charge in [0.15, 0.2) is 0 Å². The van der Waals surface area contributed by atoms with E-state index >= 15 is 0 Å². The predicted octanol–water partition coefficient (Wildman–Crippen LogP) is 2.36. The van der Waals surface area contributed by atoms with E-state index in [9.17, 15) is 9.59 Å². The molecule has 0 N–H and O–H groups in total. The molecule has 1 amide bonds. The number of thioether (sulfide) groups is 1. The highest BCUT2D eigenvalue weighted by Gasteiger charge is 2.34. The number of pyridine rings is 1. The monoisotopic (exact) mass is 443 g/mol. The summed E-state index contributed by atoms with van der Waals surface area (Å²) in [5.74, 6) is 0.477. The topological polar surface area (TPSA) is 61.2 Å². The normalized spacial score (nSPS) is 19.7. The molecule has 0 spiro atoms. The first-order chi connectivity index (χ1) is 14.3. The fraction of sp³-hybridized carbons (Fsp3) is 0.429. The van der Waals surface area contributed by atoms with Crippen LogP contribution in [-0.4, -0.2) is 68.7 Å². The maximum atomic E-state index is 13.5. The zero-order chi connectivity index (χ0) is 21.6. The van der Waals surface area contributed by atoms with Crippen molar-refractivity contribution in [1.82, 2.24) is 19.2 Å². The first-order valence-electron chi connectivity index (χ1n) is 10.00. The Hall–Kier alpha value is -2.23. The quantitative estimate of drug-likeness (QED) is 0.533. The summed E-state index contributed by atoms with van der Waals surface area (Å²) < 4.78 is 2.08. The van der Waals surface area contributed by atoms with E-state index in [1.165, 1.54) is 11.8 Å². The number of aryl methyl sites for hydroxylation is 1. The van der Waals surface area contributed by atoms with Gasteiger partial charge < -0.3 is 9.80 Å². The van der Waals surface area contributed by atoms with Crippen LogP contribution in [0.1, 0.15) is 25.0 Å². The maximum absolute atomic E-state index is 13.5. The zero-order valence-electron chi connectivity index (χ0n) is 17.6. The Morgan fingerprint density at radius 1 is 1.17 bits per heavy atom. The summed E-state index contributed by atoms with van der Waals surface area (Å²) in [5.41, 5.74) is 1.83. The highest BCUT2D eigenvalue weighted by Crippen LogP contribution is 2.34. The van der Waals surface area contributed by atoms with Crippen molar-refractivity contribution in [3.8, 4) is 0 Å². The molecule has 0 aromatic carbocycles. The lowest BCUT2D eigenvalue weighted by Gasteiger charge is -2.34. The number of hydrogen-bond donors (Lipinski definition) is 0. The van der Waals surface area contributed by atoms with Gasteiger partial charge >= 0.3 is 0 Å². The van der Waals surface area contributed by atoms with E-state index in [2.05, 4.69) is 16.8 Å². The second-order valence-electron chi connectivity index (χ2n) is 8.02. The van der Waals surface area contributed by atoms with Crippen molar-refractivity contribution < 1.29 is 4.79 Å². The van der Waals surface area contributed by atoms with E-state index in [0.29, 0.717) is 26.3 Å². The van der Waals surface area contributed by atoms with Crippen LogP contribution in [0.2, 0.25) is 0 Å². The minimum Gasteiger partial charge on any atom is -0.353 e. The zero-order valence-corrected chi connectivity index (χ0v) is 19.2. The summed E-state index contributed by atoms with van der Waals surface area (Å²) in [6.45, 7) is 9.14. The van der Waals surface area contributed by atoms with Gasteiger partial charge in [0.05, 0.1) is 10.5 Å². The number of nitrogens with zero attached hydrogens (tertiary/aromatic N) is 5. The number of likely N-dealkylation sites (N-methyl/N-ethyl adjacent to an activating group) is 1. The van der Waals surface area contributed by atoms with Crippen LogP contribution in [0.15, 0.2) is 28.0 Å². The van der Waals surface area contributed by atoms with Crippen molar-refractivity contribution in [2.75, 3.05) is 38.1 Å². The van der Waals surface area contributed by atoms with Gasteiger partial charge in [0.1, 0.15) is 15.8 Å². The Kier molecular flexibility index (Phi) is 5.69. The minimum absolute atomic E-state index is 0.0287. The molecule has 0 aliphatic carbocycles. The molecule has 9 heteroatoms. The molecule has 30 heavy (non-hydrogen) atoms. The summed E-state index contributed by atoms with van der Waals surface area (Å²) in [5, 5.41) is 0. The van der Waals surface area contributed by atoms with Crippen molar-refractivity contribution >= 4 is 51.7 Å². The van der Waals surface area contributed by atoms with Crippen molar-refractivity contribution in [2.24, 2.45) is 0 Å². The molecule has 0 saturated carbocycles. The molecule has 2 aromatic heterocycles. The molecule has 2 aliphatic heterocycles. The number of hydrogen-bond acceptors (Lipinski definition) is 7. The molecule has 7 nitrogen and oxygen atoms in total. The van der Waals surface area contributed by atoms with Crippen LogP contribution >= 0.6 is 24.0 Å². The number of thiocarbonyl (C=S) groups is 1. The maximum Gasteiger partial charge on any atom is 0.267 e. The highest BCUT2D eigenvalue weighted by molar-refractivity contribution is 8.26. The fourth-order valence-electron chi connectivity index (χ4n) is 3.69. The van der Waals surface area contributed by atoms with Gasteiger partial charge in [-0.15, -0.1) is 0 Å². The predicted molar refractivity (Wildman–Crippen MR) is 126 cm³/mol. The van der Waals surface area contributed by atoms with Gasteiger partial charge in [-0.3, -0.25) is 18.9 Å². The van der Waals surface area contributed by atoms with Gasteiger partial charge in [-0.1, -0.05) is 30.0 Å². The summed E-state index contributed by atoms with van der Waals surface area (Å²) in [4.78, 5) is 37.7. The molecule has 0 bridgehead atoms. The molecule has 4 heterocycles. The molecule has 2 saturated heterocycles. The second-order valence-corrected chi connectivity index (χ2v) is 9.70. The van der Waals surface area contributed by atoms with E-state index in [1.54, 1.807) is 21.6 Å². The lowest BCUT2D eigenvalue weighted by atomic mass is 10.2. The number of anilines is 1. The van der Waals surface area contributed by atoms with Gasteiger partial charge in [-0.2, -0.15) is 0 Å². The van der Waals surface area contributed by atoms with E-state index in [4.69, 9.17) is 17.2 Å². The van der Waals surface area contributed by atoms with Gasteiger partial charge in [-0.05, 0) is 45.5 Å². The molecule has 2 fully saturated rings. The van der Waals surface area contributed by atoms with E-state index in [1.807, 2.05) is 32.9 Å². The van der Waals surface area contributed by atoms with E-state index in [0.717, 1.165) is 31.7 Å². The number of carbonyl (C=O) groups excluding carboxylic acids is 1. The summed E-state index contributed by atoms with van der Waals surface area (Å²) >= 11 is 6.64. The van der Waals surface area contributed by atoms with Gasteiger partial charge in [0, 0.05) is 38.4 Å². The number of piperazine rings is 1. The number of amides is 1. The Morgan fingerprint density at radius 2 is 1.87 bits per heavy atom. The lowest BCUT2D eigenvalue weighted by molar-refractivity contribution is -0.123. The molecule has 0 radical (unpaired) electrons. The highest BCUT2D eigenvalue weighted by atomic mass is 32.2. The standard InChI is InChI=1S/C21H25N5O2S2/c1-13(2)26-20(28)16(30-21(26)29)11-15-18(24-9-7-23(4)8-10-24)22-17-6-5-14(3)12-25(17)19(15)27/h5-6,11-13H,7-10H2,1-4H3/b16-11-. The van der Waals surface area contributed by atoms with E-state index in [-0.39, 0.29) is 17.5 Å². The van der Waals surface area contributed by atoms with Crippen LogP contribution in [0.3, 0.4) is 0 Å². The summed E-state index contributed by atoms with van der Waals surface area (Å²) in [6, 6.07) is 3.78. The van der Waals surface area contributed by atoms with Crippen molar-refractivity contribution in [3.63, 3.8) is 0 Å². The first kappa shape index (κ1) is 21.0. The number of fused-ring (bicyclic) bond motifs is 1. The molecular formula is C21H25N5O2S2.